The van der Waals surface area contributed by atoms with Crippen molar-refractivity contribution >= 4 is 5.97 Å². The van der Waals surface area contributed by atoms with E-state index in [1.807, 2.05) is 12.1 Å². The third-order valence-electron chi connectivity index (χ3n) is 3.35. The van der Waals surface area contributed by atoms with E-state index in [0.29, 0.717) is 11.8 Å². The molecule has 0 aliphatic heterocycles. The van der Waals surface area contributed by atoms with Crippen molar-refractivity contribution < 1.29 is 9.63 Å². The molecule has 0 saturated heterocycles. The lowest BCUT2D eigenvalue weighted by molar-refractivity contribution is -0.149. The number of nitrogens with zero attached hydrogens (tertiary/aromatic N) is 1. The van der Waals surface area contributed by atoms with Crippen LogP contribution < -0.4 is 4.84 Å². The fourth-order valence-electron chi connectivity index (χ4n) is 2.60. The summed E-state index contributed by atoms with van der Waals surface area (Å²) in [6, 6.07) is 3.68. The van der Waals surface area contributed by atoms with Crippen LogP contribution in [-0.2, 0) is 4.79 Å². The second kappa shape index (κ2) is 3.26. The Morgan fingerprint density at radius 1 is 1.20 bits per heavy atom. The molecule has 2 aliphatic carbocycles. The third kappa shape index (κ3) is 1.48. The van der Waals surface area contributed by atoms with Gasteiger partial charge < -0.3 is 4.84 Å². The number of hydrogen-bond acceptors (Lipinski definition) is 2. The van der Waals surface area contributed by atoms with Crippen LogP contribution in [0.5, 0.6) is 0 Å². The first-order chi connectivity index (χ1) is 7.33. The van der Waals surface area contributed by atoms with Gasteiger partial charge in [-0.1, -0.05) is 12.2 Å². The van der Waals surface area contributed by atoms with Crippen molar-refractivity contribution in [1.29, 1.82) is 0 Å². The molecule has 1 aromatic rings. The van der Waals surface area contributed by atoms with E-state index in [1.54, 1.807) is 12.4 Å². The standard InChI is InChI=1S/C12H13NO2/c14-12(15-13-5-1-2-6-13)11-8-9-3-4-10(11)7-9/h1-6,9-11H,7-8H2. The molecule has 0 radical (unpaired) electrons. The fourth-order valence-corrected chi connectivity index (χ4v) is 2.60. The van der Waals surface area contributed by atoms with Gasteiger partial charge in [0, 0.05) is 12.4 Å². The van der Waals surface area contributed by atoms with Gasteiger partial charge in [-0.3, -0.25) is 0 Å². The van der Waals surface area contributed by atoms with Crippen LogP contribution in [-0.4, -0.2) is 10.7 Å². The highest BCUT2D eigenvalue weighted by Gasteiger charge is 2.41. The predicted molar refractivity (Wildman–Crippen MR) is 54.9 cm³/mol. The van der Waals surface area contributed by atoms with Crippen LogP contribution in [0.15, 0.2) is 36.7 Å². The number of allylic oxidation sites excluding steroid dienone is 2. The maximum Gasteiger partial charge on any atom is 0.336 e. The predicted octanol–water partition coefficient (Wildman–Crippen LogP) is 1.66. The van der Waals surface area contributed by atoms with Crippen molar-refractivity contribution in [2.75, 3.05) is 0 Å². The van der Waals surface area contributed by atoms with Crippen molar-refractivity contribution in [3.63, 3.8) is 0 Å². The van der Waals surface area contributed by atoms with Crippen LogP contribution in [0.25, 0.3) is 0 Å². The Balaban J connectivity index is 1.68. The average Bonchev–Trinajstić information content (AvgIpc) is 2.93. The summed E-state index contributed by atoms with van der Waals surface area (Å²) in [7, 11) is 0. The summed E-state index contributed by atoms with van der Waals surface area (Å²) in [5.41, 5.74) is 0. The zero-order valence-electron chi connectivity index (χ0n) is 8.37. The quantitative estimate of drug-likeness (QED) is 0.684. The normalized spacial score (nSPS) is 32.1. The minimum absolute atomic E-state index is 0.0717. The molecule has 3 unspecified atom stereocenters. The Kier molecular flexibility index (Phi) is 1.91. The Morgan fingerprint density at radius 3 is 2.60 bits per heavy atom. The van der Waals surface area contributed by atoms with E-state index < -0.39 is 0 Å². The highest BCUT2D eigenvalue weighted by molar-refractivity contribution is 5.74. The van der Waals surface area contributed by atoms with Crippen LogP contribution in [0, 0.1) is 17.8 Å². The molecule has 1 aromatic heterocycles. The lowest BCUT2D eigenvalue weighted by atomic mass is 9.94. The summed E-state index contributed by atoms with van der Waals surface area (Å²) in [4.78, 5) is 17.1. The SMILES string of the molecule is O=C(On1cccc1)C1CC2C=CC1C2. The molecule has 1 saturated carbocycles. The van der Waals surface area contributed by atoms with Gasteiger partial charge in [-0.25, -0.2) is 4.79 Å². The molecule has 1 fully saturated rings. The molecule has 78 valence electrons. The van der Waals surface area contributed by atoms with Crippen molar-refractivity contribution in [3.8, 4) is 0 Å². The van der Waals surface area contributed by atoms with E-state index in [1.165, 1.54) is 4.73 Å². The van der Waals surface area contributed by atoms with Crippen LogP contribution in [0.3, 0.4) is 0 Å². The molecule has 0 aromatic carbocycles. The molecule has 0 amide bonds. The van der Waals surface area contributed by atoms with E-state index in [2.05, 4.69) is 12.2 Å². The highest BCUT2D eigenvalue weighted by atomic mass is 16.7. The summed E-state index contributed by atoms with van der Waals surface area (Å²) in [6.45, 7) is 0. The Labute approximate surface area is 88.3 Å². The maximum atomic E-state index is 11.8. The smallest absolute Gasteiger partial charge is 0.336 e. The molecule has 3 atom stereocenters. The third-order valence-corrected chi connectivity index (χ3v) is 3.35. The molecule has 0 spiro atoms. The summed E-state index contributed by atoms with van der Waals surface area (Å²) in [5.74, 6) is 1.00. The van der Waals surface area contributed by atoms with E-state index in [4.69, 9.17) is 4.84 Å². The Bertz CT molecular complexity index is 394. The first-order valence-electron chi connectivity index (χ1n) is 5.36. The second-order valence-corrected chi connectivity index (χ2v) is 4.34. The number of fused-ring (bicyclic) bond motifs is 2. The molecule has 2 bridgehead atoms. The Morgan fingerprint density at radius 2 is 2.00 bits per heavy atom. The zero-order chi connectivity index (χ0) is 10.3. The van der Waals surface area contributed by atoms with Crippen molar-refractivity contribution in [3.05, 3.63) is 36.7 Å². The van der Waals surface area contributed by atoms with Gasteiger partial charge in [0.15, 0.2) is 0 Å². The van der Waals surface area contributed by atoms with Gasteiger partial charge in [0.05, 0.1) is 5.92 Å². The van der Waals surface area contributed by atoms with Gasteiger partial charge >= 0.3 is 5.97 Å². The van der Waals surface area contributed by atoms with E-state index in [9.17, 15) is 4.79 Å². The second-order valence-electron chi connectivity index (χ2n) is 4.34. The number of carbonyl (C=O) groups excluding carboxylic acids is 1. The number of rotatable bonds is 2. The molecule has 3 rings (SSSR count). The number of hydrogen-bond donors (Lipinski definition) is 0. The monoisotopic (exact) mass is 203 g/mol. The molecule has 0 N–H and O–H groups in total. The lowest BCUT2D eigenvalue weighted by Crippen LogP contribution is -2.28. The van der Waals surface area contributed by atoms with Gasteiger partial charge in [-0.2, -0.15) is 4.73 Å². The van der Waals surface area contributed by atoms with Crippen LogP contribution >= 0.6 is 0 Å². The van der Waals surface area contributed by atoms with E-state index in [0.717, 1.165) is 12.8 Å². The van der Waals surface area contributed by atoms with Crippen LogP contribution in [0.4, 0.5) is 0 Å². The number of aromatic nitrogens is 1. The van der Waals surface area contributed by atoms with E-state index >= 15 is 0 Å². The van der Waals surface area contributed by atoms with Crippen molar-refractivity contribution in [1.82, 2.24) is 4.73 Å². The maximum absolute atomic E-state index is 11.8. The number of carbonyl (C=O) groups is 1. The zero-order valence-corrected chi connectivity index (χ0v) is 8.37. The van der Waals surface area contributed by atoms with Gasteiger partial charge in [-0.05, 0) is 36.8 Å². The van der Waals surface area contributed by atoms with E-state index in [-0.39, 0.29) is 11.9 Å². The van der Waals surface area contributed by atoms with Crippen molar-refractivity contribution in [2.45, 2.75) is 12.8 Å². The molecule has 2 aliphatic rings. The summed E-state index contributed by atoms with van der Waals surface area (Å²) < 4.78 is 1.47. The van der Waals surface area contributed by atoms with Crippen LogP contribution in [0.1, 0.15) is 12.8 Å². The summed E-state index contributed by atoms with van der Waals surface area (Å²) in [5, 5.41) is 0. The van der Waals surface area contributed by atoms with Gasteiger partial charge in [0.25, 0.3) is 0 Å². The lowest BCUT2D eigenvalue weighted by Gasteiger charge is -2.16. The fraction of sp³-hybridized carbons (Fsp3) is 0.417. The average molecular weight is 203 g/mol. The molecular formula is C12H13NO2. The minimum Gasteiger partial charge on any atom is -0.337 e. The molecule has 3 nitrogen and oxygen atoms in total. The Hall–Kier alpha value is -1.51. The first-order valence-corrected chi connectivity index (χ1v) is 5.36. The van der Waals surface area contributed by atoms with Gasteiger partial charge in [0.1, 0.15) is 0 Å². The van der Waals surface area contributed by atoms with Crippen molar-refractivity contribution in [2.24, 2.45) is 17.8 Å². The molecule has 1 heterocycles. The van der Waals surface area contributed by atoms with Gasteiger partial charge in [-0.15, -0.1) is 0 Å². The summed E-state index contributed by atoms with van der Waals surface area (Å²) >= 11 is 0. The summed E-state index contributed by atoms with van der Waals surface area (Å²) in [6.07, 6.45) is 9.95. The van der Waals surface area contributed by atoms with Crippen LogP contribution in [0.2, 0.25) is 0 Å². The molecular weight excluding hydrogens is 190 g/mol. The molecule has 15 heavy (non-hydrogen) atoms. The van der Waals surface area contributed by atoms with Gasteiger partial charge in [0.2, 0.25) is 0 Å². The molecule has 3 heteroatoms. The minimum atomic E-state index is -0.0944. The largest absolute Gasteiger partial charge is 0.337 e. The topological polar surface area (TPSA) is 31.2 Å². The first kappa shape index (κ1) is 8.77. The highest BCUT2D eigenvalue weighted by Crippen LogP contribution is 2.43.